The van der Waals surface area contributed by atoms with Crippen molar-refractivity contribution in [1.82, 2.24) is 0 Å². The SMILES string of the molecule is N#Cc1ccc(NC(=O)COc2cc(F)ccc2F)cc1. The first-order valence-electron chi connectivity index (χ1n) is 5.96. The van der Waals surface area contributed by atoms with Crippen LogP contribution in [0.2, 0.25) is 0 Å². The standard InChI is InChI=1S/C15H10F2N2O2/c16-11-3-6-13(17)14(7-11)21-9-15(20)19-12-4-1-10(8-18)2-5-12/h1-7H,9H2,(H,19,20). The van der Waals surface area contributed by atoms with Crippen molar-refractivity contribution >= 4 is 11.6 Å². The summed E-state index contributed by atoms with van der Waals surface area (Å²) >= 11 is 0. The molecule has 0 saturated carbocycles. The molecule has 1 amide bonds. The number of carbonyl (C=O) groups excluding carboxylic acids is 1. The molecule has 0 fully saturated rings. The van der Waals surface area contributed by atoms with E-state index in [4.69, 9.17) is 10.00 Å². The lowest BCUT2D eigenvalue weighted by molar-refractivity contribution is -0.118. The highest BCUT2D eigenvalue weighted by atomic mass is 19.1. The lowest BCUT2D eigenvalue weighted by Crippen LogP contribution is -2.20. The van der Waals surface area contributed by atoms with E-state index in [0.717, 1.165) is 18.2 Å². The Morgan fingerprint density at radius 3 is 2.57 bits per heavy atom. The van der Waals surface area contributed by atoms with Gasteiger partial charge in [-0.15, -0.1) is 0 Å². The number of hydrogen-bond acceptors (Lipinski definition) is 3. The molecule has 0 spiro atoms. The molecule has 106 valence electrons. The minimum absolute atomic E-state index is 0.329. The zero-order chi connectivity index (χ0) is 15.2. The first kappa shape index (κ1) is 14.5. The number of anilines is 1. The Bertz CT molecular complexity index is 694. The van der Waals surface area contributed by atoms with Gasteiger partial charge in [0, 0.05) is 11.8 Å². The molecule has 0 unspecified atom stereocenters. The first-order valence-corrected chi connectivity index (χ1v) is 5.96. The molecule has 0 aromatic heterocycles. The summed E-state index contributed by atoms with van der Waals surface area (Å²) in [6.07, 6.45) is 0. The van der Waals surface area contributed by atoms with Gasteiger partial charge in [0.1, 0.15) is 5.82 Å². The van der Waals surface area contributed by atoms with Crippen LogP contribution in [0.3, 0.4) is 0 Å². The van der Waals surface area contributed by atoms with Gasteiger partial charge in [0.15, 0.2) is 18.2 Å². The summed E-state index contributed by atoms with van der Waals surface area (Å²) in [4.78, 5) is 11.6. The van der Waals surface area contributed by atoms with Crippen LogP contribution in [0.5, 0.6) is 5.75 Å². The van der Waals surface area contributed by atoms with E-state index in [9.17, 15) is 13.6 Å². The second-order valence-electron chi connectivity index (χ2n) is 4.10. The number of hydrogen-bond donors (Lipinski definition) is 1. The largest absolute Gasteiger partial charge is 0.481 e. The monoisotopic (exact) mass is 288 g/mol. The highest BCUT2D eigenvalue weighted by molar-refractivity contribution is 5.91. The van der Waals surface area contributed by atoms with Crippen LogP contribution in [0, 0.1) is 23.0 Å². The van der Waals surface area contributed by atoms with Gasteiger partial charge in [-0.3, -0.25) is 4.79 Å². The van der Waals surface area contributed by atoms with E-state index in [2.05, 4.69) is 5.32 Å². The fraction of sp³-hybridized carbons (Fsp3) is 0.0667. The van der Waals surface area contributed by atoms with Crippen molar-refractivity contribution in [2.24, 2.45) is 0 Å². The number of nitrogens with zero attached hydrogens (tertiary/aromatic N) is 1. The number of halogens is 2. The summed E-state index contributed by atoms with van der Waals surface area (Å²) in [6.45, 7) is -0.458. The van der Waals surface area contributed by atoms with Gasteiger partial charge in [0.2, 0.25) is 0 Å². The maximum absolute atomic E-state index is 13.3. The molecule has 0 aliphatic heterocycles. The number of benzene rings is 2. The van der Waals surface area contributed by atoms with Crippen molar-refractivity contribution in [3.8, 4) is 11.8 Å². The fourth-order valence-corrected chi connectivity index (χ4v) is 1.56. The average Bonchev–Trinajstić information content (AvgIpc) is 2.49. The summed E-state index contributed by atoms with van der Waals surface area (Å²) in [6, 6.07) is 10.9. The highest BCUT2D eigenvalue weighted by Gasteiger charge is 2.08. The molecule has 2 rings (SSSR count). The lowest BCUT2D eigenvalue weighted by Gasteiger charge is -2.08. The van der Waals surface area contributed by atoms with Crippen LogP contribution < -0.4 is 10.1 Å². The van der Waals surface area contributed by atoms with Crippen LogP contribution in [0.15, 0.2) is 42.5 Å². The van der Waals surface area contributed by atoms with Crippen molar-refractivity contribution in [2.75, 3.05) is 11.9 Å². The number of nitrogens with one attached hydrogen (secondary N) is 1. The molecule has 2 aromatic carbocycles. The quantitative estimate of drug-likeness (QED) is 0.941. The van der Waals surface area contributed by atoms with Gasteiger partial charge in [0.05, 0.1) is 11.6 Å². The summed E-state index contributed by atoms with van der Waals surface area (Å²) in [5.74, 6) is -2.25. The molecular weight excluding hydrogens is 278 g/mol. The van der Waals surface area contributed by atoms with Gasteiger partial charge in [-0.2, -0.15) is 5.26 Å². The molecule has 21 heavy (non-hydrogen) atoms. The zero-order valence-electron chi connectivity index (χ0n) is 10.8. The third-order valence-electron chi connectivity index (χ3n) is 2.55. The normalized spacial score (nSPS) is 9.76. The van der Waals surface area contributed by atoms with E-state index >= 15 is 0 Å². The minimum atomic E-state index is -0.748. The molecule has 0 saturated heterocycles. The van der Waals surface area contributed by atoms with E-state index in [1.165, 1.54) is 0 Å². The second kappa shape index (κ2) is 6.48. The number of rotatable bonds is 4. The minimum Gasteiger partial charge on any atom is -0.481 e. The van der Waals surface area contributed by atoms with Crippen LogP contribution in [0.4, 0.5) is 14.5 Å². The molecule has 0 bridgehead atoms. The average molecular weight is 288 g/mol. The summed E-state index contributed by atoms with van der Waals surface area (Å²) in [7, 11) is 0. The predicted molar refractivity (Wildman–Crippen MR) is 71.6 cm³/mol. The summed E-state index contributed by atoms with van der Waals surface area (Å²) < 4.78 is 31.1. The number of amides is 1. The van der Waals surface area contributed by atoms with Crippen LogP contribution in [0.25, 0.3) is 0 Å². The Morgan fingerprint density at radius 2 is 1.90 bits per heavy atom. The van der Waals surface area contributed by atoms with E-state index in [1.54, 1.807) is 24.3 Å². The molecule has 0 aliphatic carbocycles. The number of ether oxygens (including phenoxy) is 1. The third kappa shape index (κ3) is 4.01. The summed E-state index contributed by atoms with van der Waals surface area (Å²) in [5, 5.41) is 11.2. The van der Waals surface area contributed by atoms with Crippen molar-refractivity contribution in [3.63, 3.8) is 0 Å². The Morgan fingerprint density at radius 1 is 1.19 bits per heavy atom. The molecule has 2 aromatic rings. The van der Waals surface area contributed by atoms with E-state index in [1.807, 2.05) is 6.07 Å². The topological polar surface area (TPSA) is 62.1 Å². The molecule has 0 radical (unpaired) electrons. The Kier molecular flexibility index (Phi) is 4.46. The Hall–Kier alpha value is -2.94. The third-order valence-corrected chi connectivity index (χ3v) is 2.55. The van der Waals surface area contributed by atoms with Gasteiger partial charge in [-0.25, -0.2) is 8.78 Å². The van der Waals surface area contributed by atoms with Crippen LogP contribution in [-0.4, -0.2) is 12.5 Å². The van der Waals surface area contributed by atoms with Gasteiger partial charge < -0.3 is 10.1 Å². The second-order valence-corrected chi connectivity index (χ2v) is 4.10. The molecule has 0 aliphatic rings. The van der Waals surface area contributed by atoms with Crippen molar-refractivity contribution in [2.45, 2.75) is 0 Å². The maximum atomic E-state index is 13.3. The predicted octanol–water partition coefficient (Wildman–Crippen LogP) is 2.85. The van der Waals surface area contributed by atoms with E-state index < -0.39 is 24.1 Å². The van der Waals surface area contributed by atoms with E-state index in [0.29, 0.717) is 11.3 Å². The fourth-order valence-electron chi connectivity index (χ4n) is 1.56. The first-order chi connectivity index (χ1) is 10.1. The zero-order valence-corrected chi connectivity index (χ0v) is 10.8. The molecule has 0 heterocycles. The van der Waals surface area contributed by atoms with Crippen LogP contribution >= 0.6 is 0 Å². The molecular formula is C15H10F2N2O2. The van der Waals surface area contributed by atoms with Gasteiger partial charge in [-0.1, -0.05) is 0 Å². The van der Waals surface area contributed by atoms with Crippen molar-refractivity contribution in [3.05, 3.63) is 59.7 Å². The van der Waals surface area contributed by atoms with E-state index in [-0.39, 0.29) is 5.75 Å². The molecule has 0 atom stereocenters. The van der Waals surface area contributed by atoms with Crippen molar-refractivity contribution in [1.29, 1.82) is 5.26 Å². The highest BCUT2D eigenvalue weighted by Crippen LogP contribution is 2.18. The van der Waals surface area contributed by atoms with Crippen LogP contribution in [-0.2, 0) is 4.79 Å². The Labute approximate surface area is 119 Å². The molecule has 6 heteroatoms. The lowest BCUT2D eigenvalue weighted by atomic mass is 10.2. The van der Waals surface area contributed by atoms with Crippen LogP contribution in [0.1, 0.15) is 5.56 Å². The molecule has 1 N–H and O–H groups in total. The smallest absolute Gasteiger partial charge is 0.262 e. The maximum Gasteiger partial charge on any atom is 0.262 e. The van der Waals surface area contributed by atoms with Gasteiger partial charge >= 0.3 is 0 Å². The van der Waals surface area contributed by atoms with Gasteiger partial charge in [0.25, 0.3) is 5.91 Å². The Balaban J connectivity index is 1.92. The number of carbonyl (C=O) groups is 1. The molecule has 4 nitrogen and oxygen atoms in total. The van der Waals surface area contributed by atoms with Gasteiger partial charge in [-0.05, 0) is 36.4 Å². The summed E-state index contributed by atoms with van der Waals surface area (Å²) in [5.41, 5.74) is 0.938. The number of nitriles is 1. The van der Waals surface area contributed by atoms with Crippen molar-refractivity contribution < 1.29 is 18.3 Å².